The molecule has 0 saturated heterocycles. The van der Waals surface area contributed by atoms with Crippen LogP contribution in [0.3, 0.4) is 0 Å². The van der Waals surface area contributed by atoms with Gasteiger partial charge in [-0.3, -0.25) is 0 Å². The third-order valence-corrected chi connectivity index (χ3v) is 2.92. The van der Waals surface area contributed by atoms with E-state index in [2.05, 4.69) is 26.4 Å². The van der Waals surface area contributed by atoms with Crippen molar-refractivity contribution < 1.29 is 0 Å². The van der Waals surface area contributed by atoms with Crippen molar-refractivity contribution in [2.45, 2.75) is 13.5 Å². The van der Waals surface area contributed by atoms with Crippen LogP contribution < -0.4 is 5.32 Å². The second-order valence-electron chi connectivity index (χ2n) is 4.45. The lowest BCUT2D eigenvalue weighted by Gasteiger charge is -2.08. The molecule has 1 aromatic carbocycles. The molecule has 2 aromatic heterocycles. The monoisotopic (exact) mass is 265 g/mol. The number of aromatic nitrogens is 4. The van der Waals surface area contributed by atoms with Crippen molar-refractivity contribution in [3.63, 3.8) is 0 Å². The van der Waals surface area contributed by atoms with Crippen molar-refractivity contribution in [1.29, 1.82) is 0 Å². The molecule has 0 spiro atoms. The fraction of sp³-hybridized carbons (Fsp3) is 0.133. The minimum atomic E-state index is 0.673. The van der Waals surface area contributed by atoms with Crippen LogP contribution in [0.15, 0.2) is 55.0 Å². The first-order valence-electron chi connectivity index (χ1n) is 6.44. The van der Waals surface area contributed by atoms with E-state index in [-0.39, 0.29) is 0 Å². The van der Waals surface area contributed by atoms with Gasteiger partial charge < -0.3 is 5.32 Å². The molecular weight excluding hydrogens is 250 g/mol. The van der Waals surface area contributed by atoms with Gasteiger partial charge in [0.05, 0.1) is 17.9 Å². The summed E-state index contributed by atoms with van der Waals surface area (Å²) in [5.74, 6) is 0.787. The van der Waals surface area contributed by atoms with Gasteiger partial charge in [0, 0.05) is 24.3 Å². The maximum atomic E-state index is 4.37. The Labute approximate surface area is 117 Å². The Bertz CT molecular complexity index is 691. The number of anilines is 1. The number of rotatable bonds is 4. The molecule has 1 N–H and O–H groups in total. The second kappa shape index (κ2) is 5.52. The highest BCUT2D eigenvalue weighted by Gasteiger charge is 2.00. The van der Waals surface area contributed by atoms with E-state index in [9.17, 15) is 0 Å². The summed E-state index contributed by atoms with van der Waals surface area (Å²) in [4.78, 5) is 8.46. The highest BCUT2D eigenvalue weighted by atomic mass is 15.3. The number of nitrogens with zero attached hydrogens (tertiary/aromatic N) is 4. The number of hydrogen-bond acceptors (Lipinski definition) is 4. The van der Waals surface area contributed by atoms with Crippen LogP contribution in [0, 0.1) is 6.92 Å². The summed E-state index contributed by atoms with van der Waals surface area (Å²) >= 11 is 0. The van der Waals surface area contributed by atoms with E-state index in [4.69, 9.17) is 0 Å². The van der Waals surface area contributed by atoms with Crippen molar-refractivity contribution in [3.8, 4) is 5.69 Å². The standard InChI is InChI=1S/C15H15N5/c1-12-16-8-6-14(19-12)11-17-13-4-2-5-15(10-13)20-9-3-7-18-20/h2-10,17H,11H2,1H3. The van der Waals surface area contributed by atoms with Crippen LogP contribution in [0.25, 0.3) is 5.69 Å². The minimum absolute atomic E-state index is 0.673. The van der Waals surface area contributed by atoms with Gasteiger partial charge in [-0.2, -0.15) is 5.10 Å². The largest absolute Gasteiger partial charge is 0.379 e. The molecule has 0 atom stereocenters. The Kier molecular flexibility index (Phi) is 3.41. The predicted molar refractivity (Wildman–Crippen MR) is 77.7 cm³/mol. The van der Waals surface area contributed by atoms with Gasteiger partial charge in [-0.25, -0.2) is 14.6 Å². The van der Waals surface area contributed by atoms with Gasteiger partial charge in [-0.15, -0.1) is 0 Å². The molecule has 5 heteroatoms. The average Bonchev–Trinajstić information content (AvgIpc) is 3.00. The van der Waals surface area contributed by atoms with E-state index in [0.717, 1.165) is 22.9 Å². The van der Waals surface area contributed by atoms with Crippen LogP contribution in [0.4, 0.5) is 5.69 Å². The lowest BCUT2D eigenvalue weighted by atomic mass is 10.2. The molecule has 2 heterocycles. The fourth-order valence-corrected chi connectivity index (χ4v) is 1.98. The van der Waals surface area contributed by atoms with Crippen LogP contribution in [-0.4, -0.2) is 19.7 Å². The maximum Gasteiger partial charge on any atom is 0.125 e. The van der Waals surface area contributed by atoms with E-state index in [1.54, 1.807) is 12.4 Å². The van der Waals surface area contributed by atoms with Crippen molar-refractivity contribution in [3.05, 3.63) is 66.5 Å². The van der Waals surface area contributed by atoms with Gasteiger partial charge in [0.15, 0.2) is 0 Å². The van der Waals surface area contributed by atoms with Gasteiger partial charge >= 0.3 is 0 Å². The summed E-state index contributed by atoms with van der Waals surface area (Å²) in [7, 11) is 0. The molecule has 3 rings (SSSR count). The van der Waals surface area contributed by atoms with Crippen LogP contribution in [0.2, 0.25) is 0 Å². The molecule has 0 aliphatic heterocycles. The SMILES string of the molecule is Cc1nccc(CNc2cccc(-n3cccn3)c2)n1. The van der Waals surface area contributed by atoms with Gasteiger partial charge in [-0.1, -0.05) is 6.07 Å². The molecule has 0 amide bonds. The molecule has 3 aromatic rings. The average molecular weight is 265 g/mol. The summed E-state index contributed by atoms with van der Waals surface area (Å²) in [6.45, 7) is 2.56. The summed E-state index contributed by atoms with van der Waals surface area (Å²) in [5.41, 5.74) is 3.04. The lowest BCUT2D eigenvalue weighted by Crippen LogP contribution is -2.04. The predicted octanol–water partition coefficient (Wildman–Crippen LogP) is 2.58. The Morgan fingerprint density at radius 2 is 2.10 bits per heavy atom. The fourth-order valence-electron chi connectivity index (χ4n) is 1.98. The van der Waals surface area contributed by atoms with Crippen LogP contribution in [-0.2, 0) is 6.54 Å². The zero-order chi connectivity index (χ0) is 13.8. The van der Waals surface area contributed by atoms with E-state index in [1.807, 2.05) is 48.1 Å². The molecule has 0 radical (unpaired) electrons. The molecular formula is C15H15N5. The van der Waals surface area contributed by atoms with E-state index >= 15 is 0 Å². The summed E-state index contributed by atoms with van der Waals surface area (Å²) in [6, 6.07) is 11.9. The molecule has 0 saturated carbocycles. The Morgan fingerprint density at radius 3 is 2.90 bits per heavy atom. The molecule has 0 aliphatic carbocycles. The number of benzene rings is 1. The Hall–Kier alpha value is -2.69. The molecule has 0 bridgehead atoms. The van der Waals surface area contributed by atoms with Crippen LogP contribution in [0.5, 0.6) is 0 Å². The minimum Gasteiger partial charge on any atom is -0.379 e. The second-order valence-corrected chi connectivity index (χ2v) is 4.45. The normalized spacial score (nSPS) is 10.4. The van der Waals surface area contributed by atoms with Gasteiger partial charge in [0.1, 0.15) is 5.82 Å². The summed E-state index contributed by atoms with van der Waals surface area (Å²) in [5, 5.41) is 7.58. The van der Waals surface area contributed by atoms with E-state index in [1.165, 1.54) is 0 Å². The first-order chi connectivity index (χ1) is 9.81. The Morgan fingerprint density at radius 1 is 1.15 bits per heavy atom. The number of nitrogens with one attached hydrogen (secondary N) is 1. The van der Waals surface area contributed by atoms with Gasteiger partial charge in [-0.05, 0) is 37.3 Å². The summed E-state index contributed by atoms with van der Waals surface area (Å²) in [6.07, 6.45) is 5.47. The van der Waals surface area contributed by atoms with Crippen LogP contribution >= 0.6 is 0 Å². The molecule has 5 nitrogen and oxygen atoms in total. The van der Waals surface area contributed by atoms with Crippen molar-refractivity contribution in [2.75, 3.05) is 5.32 Å². The summed E-state index contributed by atoms with van der Waals surface area (Å²) < 4.78 is 1.83. The molecule has 0 fully saturated rings. The van der Waals surface area contributed by atoms with E-state index < -0.39 is 0 Å². The van der Waals surface area contributed by atoms with Gasteiger partial charge in [0.25, 0.3) is 0 Å². The topological polar surface area (TPSA) is 55.6 Å². The molecule has 20 heavy (non-hydrogen) atoms. The highest BCUT2D eigenvalue weighted by molar-refractivity contribution is 5.50. The smallest absolute Gasteiger partial charge is 0.125 e. The van der Waals surface area contributed by atoms with Crippen molar-refractivity contribution in [1.82, 2.24) is 19.7 Å². The highest BCUT2D eigenvalue weighted by Crippen LogP contribution is 2.14. The van der Waals surface area contributed by atoms with Gasteiger partial charge in [0.2, 0.25) is 0 Å². The Balaban J connectivity index is 1.73. The van der Waals surface area contributed by atoms with Crippen molar-refractivity contribution >= 4 is 5.69 Å². The van der Waals surface area contributed by atoms with E-state index in [0.29, 0.717) is 6.54 Å². The molecule has 0 aliphatic rings. The molecule has 100 valence electrons. The zero-order valence-electron chi connectivity index (χ0n) is 11.2. The first-order valence-corrected chi connectivity index (χ1v) is 6.44. The third-order valence-electron chi connectivity index (χ3n) is 2.92. The quantitative estimate of drug-likeness (QED) is 0.787. The maximum absolute atomic E-state index is 4.37. The zero-order valence-corrected chi connectivity index (χ0v) is 11.2. The third kappa shape index (κ3) is 2.83. The molecule has 0 unspecified atom stereocenters. The lowest BCUT2D eigenvalue weighted by molar-refractivity contribution is 0.880. The van der Waals surface area contributed by atoms with Crippen molar-refractivity contribution in [2.24, 2.45) is 0 Å². The number of aryl methyl sites for hydroxylation is 1. The number of hydrogen-bond donors (Lipinski definition) is 1. The first kappa shape index (κ1) is 12.3. The van der Waals surface area contributed by atoms with Crippen LogP contribution in [0.1, 0.15) is 11.5 Å².